The summed E-state index contributed by atoms with van der Waals surface area (Å²) in [5.74, 6) is 0.823. The molecular weight excluding hydrogens is 402 g/mol. The smallest absolute Gasteiger partial charge is 0.245 e. The zero-order valence-corrected chi connectivity index (χ0v) is 19.4. The normalized spacial score (nSPS) is 15.4. The Morgan fingerprint density at radius 3 is 2.19 bits per heavy atom. The summed E-state index contributed by atoms with van der Waals surface area (Å²) in [7, 11) is 0. The standard InChI is InChI=1S/C26H35N3O3/c1-4-32-23-12-10-22(11-13-23)19-28-14-16-29(17-15-28)26(31)25(20(2)3)27-24(30)18-21-8-6-5-7-9-21/h5-13,20,25H,4,14-19H2,1-3H3,(H,27,30). The lowest BCUT2D eigenvalue weighted by molar-refractivity contribution is -0.139. The van der Waals surface area contributed by atoms with Crippen molar-refractivity contribution in [3.8, 4) is 5.75 Å². The van der Waals surface area contributed by atoms with E-state index in [1.54, 1.807) is 0 Å². The molecule has 1 unspecified atom stereocenters. The van der Waals surface area contributed by atoms with Gasteiger partial charge in [-0.2, -0.15) is 0 Å². The maximum absolute atomic E-state index is 13.2. The third kappa shape index (κ3) is 6.82. The number of benzene rings is 2. The molecule has 0 aliphatic carbocycles. The molecule has 32 heavy (non-hydrogen) atoms. The first kappa shape index (κ1) is 23.8. The fraction of sp³-hybridized carbons (Fsp3) is 0.462. The van der Waals surface area contributed by atoms with Crippen LogP contribution in [0.2, 0.25) is 0 Å². The van der Waals surface area contributed by atoms with E-state index in [9.17, 15) is 9.59 Å². The van der Waals surface area contributed by atoms with E-state index >= 15 is 0 Å². The molecular formula is C26H35N3O3. The first-order chi connectivity index (χ1) is 15.5. The first-order valence-electron chi connectivity index (χ1n) is 11.5. The molecule has 172 valence electrons. The van der Waals surface area contributed by atoms with E-state index in [1.807, 2.05) is 68.1 Å². The number of carbonyl (C=O) groups is 2. The third-order valence-electron chi connectivity index (χ3n) is 5.78. The molecule has 0 saturated carbocycles. The number of hydrogen-bond acceptors (Lipinski definition) is 4. The summed E-state index contributed by atoms with van der Waals surface area (Å²) in [6.45, 7) is 10.5. The number of hydrogen-bond donors (Lipinski definition) is 1. The van der Waals surface area contributed by atoms with Gasteiger partial charge in [0.25, 0.3) is 0 Å². The molecule has 0 radical (unpaired) electrons. The van der Waals surface area contributed by atoms with Crippen molar-refractivity contribution in [1.29, 1.82) is 0 Å². The highest BCUT2D eigenvalue weighted by molar-refractivity contribution is 5.88. The van der Waals surface area contributed by atoms with Gasteiger partial charge in [-0.25, -0.2) is 0 Å². The van der Waals surface area contributed by atoms with Gasteiger partial charge < -0.3 is 15.0 Å². The zero-order chi connectivity index (χ0) is 22.9. The van der Waals surface area contributed by atoms with Crippen LogP contribution in [0.5, 0.6) is 5.75 Å². The van der Waals surface area contributed by atoms with Gasteiger partial charge in [0.05, 0.1) is 13.0 Å². The van der Waals surface area contributed by atoms with Gasteiger partial charge in [0.2, 0.25) is 11.8 Å². The van der Waals surface area contributed by atoms with E-state index in [0.717, 1.165) is 30.9 Å². The summed E-state index contributed by atoms with van der Waals surface area (Å²) in [5.41, 5.74) is 2.18. The predicted molar refractivity (Wildman–Crippen MR) is 126 cm³/mol. The van der Waals surface area contributed by atoms with E-state index in [2.05, 4.69) is 22.3 Å². The molecule has 3 rings (SSSR count). The Morgan fingerprint density at radius 1 is 0.938 bits per heavy atom. The van der Waals surface area contributed by atoms with E-state index in [0.29, 0.717) is 19.7 Å². The van der Waals surface area contributed by atoms with Crippen LogP contribution in [0.3, 0.4) is 0 Å². The van der Waals surface area contributed by atoms with Gasteiger partial charge in [0, 0.05) is 32.7 Å². The summed E-state index contributed by atoms with van der Waals surface area (Å²) in [6, 6.07) is 17.3. The summed E-state index contributed by atoms with van der Waals surface area (Å²) in [4.78, 5) is 30.0. The van der Waals surface area contributed by atoms with Gasteiger partial charge in [-0.1, -0.05) is 56.3 Å². The number of nitrogens with one attached hydrogen (secondary N) is 1. The molecule has 1 atom stereocenters. The molecule has 1 aliphatic rings. The van der Waals surface area contributed by atoms with Gasteiger partial charge in [-0.15, -0.1) is 0 Å². The van der Waals surface area contributed by atoms with Gasteiger partial charge in [0.15, 0.2) is 0 Å². The van der Waals surface area contributed by atoms with Crippen molar-refractivity contribution in [3.63, 3.8) is 0 Å². The molecule has 1 N–H and O–H groups in total. The van der Waals surface area contributed by atoms with Gasteiger partial charge in [-0.05, 0) is 36.1 Å². The Morgan fingerprint density at radius 2 is 1.59 bits per heavy atom. The van der Waals surface area contributed by atoms with Gasteiger partial charge >= 0.3 is 0 Å². The molecule has 2 amide bonds. The molecule has 2 aromatic carbocycles. The van der Waals surface area contributed by atoms with Crippen molar-refractivity contribution in [3.05, 3.63) is 65.7 Å². The zero-order valence-electron chi connectivity index (χ0n) is 19.4. The molecule has 1 saturated heterocycles. The number of nitrogens with zero attached hydrogens (tertiary/aromatic N) is 2. The molecule has 1 fully saturated rings. The Balaban J connectivity index is 1.50. The fourth-order valence-electron chi connectivity index (χ4n) is 3.96. The number of amides is 2. The Kier molecular flexibility index (Phi) is 8.68. The van der Waals surface area contributed by atoms with Crippen LogP contribution in [0.1, 0.15) is 31.9 Å². The lowest BCUT2D eigenvalue weighted by Crippen LogP contribution is -2.56. The van der Waals surface area contributed by atoms with E-state index in [1.165, 1.54) is 5.56 Å². The molecule has 6 heteroatoms. The second kappa shape index (κ2) is 11.7. The van der Waals surface area contributed by atoms with Crippen molar-refractivity contribution in [2.75, 3.05) is 32.8 Å². The minimum absolute atomic E-state index is 0.0159. The second-order valence-electron chi connectivity index (χ2n) is 8.63. The topological polar surface area (TPSA) is 61.9 Å². The Labute approximate surface area is 191 Å². The van der Waals surface area contributed by atoms with Gasteiger partial charge in [-0.3, -0.25) is 14.5 Å². The summed E-state index contributed by atoms with van der Waals surface area (Å²) >= 11 is 0. The highest BCUT2D eigenvalue weighted by atomic mass is 16.5. The quantitative estimate of drug-likeness (QED) is 0.655. The monoisotopic (exact) mass is 437 g/mol. The second-order valence-corrected chi connectivity index (χ2v) is 8.63. The molecule has 0 bridgehead atoms. The van der Waals surface area contributed by atoms with Gasteiger partial charge in [0.1, 0.15) is 11.8 Å². The third-order valence-corrected chi connectivity index (χ3v) is 5.78. The van der Waals surface area contributed by atoms with E-state index < -0.39 is 6.04 Å². The highest BCUT2D eigenvalue weighted by Crippen LogP contribution is 2.16. The van der Waals surface area contributed by atoms with Crippen molar-refractivity contribution in [2.24, 2.45) is 5.92 Å². The number of ether oxygens (including phenoxy) is 1. The number of rotatable bonds is 9. The van der Waals surface area contributed by atoms with Crippen LogP contribution in [-0.4, -0.2) is 60.4 Å². The summed E-state index contributed by atoms with van der Waals surface area (Å²) < 4.78 is 5.51. The number of carbonyl (C=O) groups excluding carboxylic acids is 2. The molecule has 2 aromatic rings. The Hall–Kier alpha value is -2.86. The van der Waals surface area contributed by atoms with E-state index in [4.69, 9.17) is 4.74 Å². The SMILES string of the molecule is CCOc1ccc(CN2CCN(C(=O)C(NC(=O)Cc3ccccc3)C(C)C)CC2)cc1. The lowest BCUT2D eigenvalue weighted by Gasteiger charge is -2.37. The summed E-state index contributed by atoms with van der Waals surface area (Å²) in [6.07, 6.45) is 0.285. The Bertz CT molecular complexity index is 860. The molecule has 6 nitrogen and oxygen atoms in total. The molecule has 0 aromatic heterocycles. The van der Waals surface area contributed by atoms with Crippen LogP contribution in [0.25, 0.3) is 0 Å². The largest absolute Gasteiger partial charge is 0.494 e. The molecule has 1 heterocycles. The fourth-order valence-corrected chi connectivity index (χ4v) is 3.96. The van der Waals surface area contributed by atoms with E-state index in [-0.39, 0.29) is 24.2 Å². The maximum atomic E-state index is 13.2. The molecule has 0 spiro atoms. The van der Waals surface area contributed by atoms with Crippen molar-refractivity contribution in [2.45, 2.75) is 39.8 Å². The minimum atomic E-state index is -0.496. The lowest BCUT2D eigenvalue weighted by atomic mass is 10.0. The van der Waals surface area contributed by atoms with Crippen molar-refractivity contribution < 1.29 is 14.3 Å². The number of piperazine rings is 1. The van der Waals surface area contributed by atoms with Crippen LogP contribution in [0, 0.1) is 5.92 Å². The van der Waals surface area contributed by atoms with Crippen LogP contribution in [0.15, 0.2) is 54.6 Å². The summed E-state index contributed by atoms with van der Waals surface area (Å²) in [5, 5.41) is 2.97. The van der Waals surface area contributed by atoms with Crippen LogP contribution in [-0.2, 0) is 22.6 Å². The first-order valence-corrected chi connectivity index (χ1v) is 11.5. The molecule has 1 aliphatic heterocycles. The van der Waals surface area contributed by atoms with Crippen molar-refractivity contribution in [1.82, 2.24) is 15.1 Å². The maximum Gasteiger partial charge on any atom is 0.245 e. The predicted octanol–water partition coefficient (Wildman–Crippen LogP) is 3.11. The average molecular weight is 438 g/mol. The highest BCUT2D eigenvalue weighted by Gasteiger charge is 2.30. The van der Waals surface area contributed by atoms with Crippen LogP contribution < -0.4 is 10.1 Å². The minimum Gasteiger partial charge on any atom is -0.494 e. The average Bonchev–Trinajstić information content (AvgIpc) is 2.79. The van der Waals surface area contributed by atoms with Crippen molar-refractivity contribution >= 4 is 11.8 Å². The van der Waals surface area contributed by atoms with Crippen LogP contribution in [0.4, 0.5) is 0 Å². The van der Waals surface area contributed by atoms with Crippen LogP contribution >= 0.6 is 0 Å².